The number of rotatable bonds is 14. The maximum Gasteiger partial charge on any atom is 0.324 e. The SMILES string of the molecule is CCCCS(=O)(=O)N[C@@H](Cc1ccc(OCCCCC2CCN(C)CC2)cc1)C(=O)OC. The number of piperidine rings is 1. The van der Waals surface area contributed by atoms with Gasteiger partial charge in [0.1, 0.15) is 11.8 Å². The largest absolute Gasteiger partial charge is 0.494 e. The van der Waals surface area contributed by atoms with E-state index in [0.29, 0.717) is 13.0 Å². The lowest BCUT2D eigenvalue weighted by molar-refractivity contribution is -0.142. The molecular formula is C24H40N2O5S. The lowest BCUT2D eigenvalue weighted by atomic mass is 9.92. The third-order valence-electron chi connectivity index (χ3n) is 6.05. The van der Waals surface area contributed by atoms with Crippen molar-refractivity contribution in [3.05, 3.63) is 29.8 Å². The second kappa shape index (κ2) is 13.8. The van der Waals surface area contributed by atoms with Crippen LogP contribution in [0, 0.1) is 5.92 Å². The van der Waals surface area contributed by atoms with Crippen molar-refractivity contribution in [3.8, 4) is 5.75 Å². The summed E-state index contributed by atoms with van der Waals surface area (Å²) in [6.07, 6.45) is 7.66. The average Bonchev–Trinajstić information content (AvgIpc) is 2.78. The van der Waals surface area contributed by atoms with Crippen molar-refractivity contribution in [1.82, 2.24) is 9.62 Å². The van der Waals surface area contributed by atoms with Crippen molar-refractivity contribution in [3.63, 3.8) is 0 Å². The summed E-state index contributed by atoms with van der Waals surface area (Å²) in [5.41, 5.74) is 0.841. The molecule has 1 N–H and O–H groups in total. The summed E-state index contributed by atoms with van der Waals surface area (Å²) in [5, 5.41) is 0. The van der Waals surface area contributed by atoms with Gasteiger partial charge in [-0.3, -0.25) is 4.79 Å². The molecular weight excluding hydrogens is 428 g/mol. The number of sulfonamides is 1. The average molecular weight is 469 g/mol. The quantitative estimate of drug-likeness (QED) is 0.333. The molecule has 1 atom stereocenters. The lowest BCUT2D eigenvalue weighted by Crippen LogP contribution is -2.43. The first-order valence-electron chi connectivity index (χ1n) is 11.8. The zero-order valence-corrected chi connectivity index (χ0v) is 20.7. The second-order valence-corrected chi connectivity index (χ2v) is 10.7. The number of likely N-dealkylation sites (tertiary alicyclic amines) is 1. The van der Waals surface area contributed by atoms with E-state index >= 15 is 0 Å². The van der Waals surface area contributed by atoms with E-state index in [9.17, 15) is 13.2 Å². The topological polar surface area (TPSA) is 84.9 Å². The van der Waals surface area contributed by atoms with Crippen LogP contribution in [0.15, 0.2) is 24.3 Å². The number of benzene rings is 1. The molecule has 0 unspecified atom stereocenters. The maximum atomic E-state index is 12.2. The van der Waals surface area contributed by atoms with Crippen LogP contribution >= 0.6 is 0 Å². The minimum Gasteiger partial charge on any atom is -0.494 e. The number of unbranched alkanes of at least 4 members (excludes halogenated alkanes) is 2. The number of methoxy groups -OCH3 is 1. The Hall–Kier alpha value is -1.64. The van der Waals surface area contributed by atoms with Crippen LogP contribution in [0.4, 0.5) is 0 Å². The van der Waals surface area contributed by atoms with Crippen molar-refractivity contribution in [2.24, 2.45) is 5.92 Å². The monoisotopic (exact) mass is 468 g/mol. The van der Waals surface area contributed by atoms with Gasteiger partial charge >= 0.3 is 5.97 Å². The van der Waals surface area contributed by atoms with E-state index in [1.165, 1.54) is 45.9 Å². The second-order valence-electron chi connectivity index (χ2n) is 8.80. The Balaban J connectivity index is 1.76. The van der Waals surface area contributed by atoms with Crippen LogP contribution in [-0.4, -0.2) is 64.9 Å². The highest BCUT2D eigenvalue weighted by atomic mass is 32.2. The number of hydrogen-bond donors (Lipinski definition) is 1. The van der Waals surface area contributed by atoms with Gasteiger partial charge in [0.2, 0.25) is 10.0 Å². The van der Waals surface area contributed by atoms with Crippen LogP contribution in [0.3, 0.4) is 0 Å². The molecule has 32 heavy (non-hydrogen) atoms. The number of carbonyl (C=O) groups is 1. The van der Waals surface area contributed by atoms with Crippen LogP contribution in [0.1, 0.15) is 57.4 Å². The van der Waals surface area contributed by atoms with Crippen LogP contribution in [0.5, 0.6) is 5.75 Å². The molecule has 1 aromatic carbocycles. The lowest BCUT2D eigenvalue weighted by Gasteiger charge is -2.28. The molecule has 0 amide bonds. The minimum atomic E-state index is -3.53. The molecule has 8 heteroatoms. The van der Waals surface area contributed by atoms with E-state index in [0.717, 1.165) is 30.1 Å². The van der Waals surface area contributed by atoms with Crippen LogP contribution in [0.25, 0.3) is 0 Å². The molecule has 1 saturated heterocycles. The Morgan fingerprint density at radius 1 is 1.16 bits per heavy atom. The molecule has 0 aliphatic carbocycles. The van der Waals surface area contributed by atoms with E-state index < -0.39 is 22.0 Å². The number of esters is 1. The number of nitrogens with one attached hydrogen (secondary N) is 1. The molecule has 2 rings (SSSR count). The molecule has 0 aromatic heterocycles. The Kier molecular flexibility index (Phi) is 11.5. The summed E-state index contributed by atoms with van der Waals surface area (Å²) in [6, 6.07) is 6.53. The van der Waals surface area contributed by atoms with Crippen LogP contribution in [-0.2, 0) is 26.0 Å². The predicted octanol–water partition coefficient (Wildman–Crippen LogP) is 3.38. The van der Waals surface area contributed by atoms with Gasteiger partial charge in [0.15, 0.2) is 0 Å². The smallest absolute Gasteiger partial charge is 0.324 e. The van der Waals surface area contributed by atoms with E-state index in [1.54, 1.807) is 0 Å². The maximum absolute atomic E-state index is 12.2. The van der Waals surface area contributed by atoms with Crippen molar-refractivity contribution < 1.29 is 22.7 Å². The van der Waals surface area contributed by atoms with Gasteiger partial charge in [-0.25, -0.2) is 13.1 Å². The van der Waals surface area contributed by atoms with Gasteiger partial charge in [0.05, 0.1) is 19.5 Å². The normalized spacial score (nSPS) is 16.6. The predicted molar refractivity (Wildman–Crippen MR) is 127 cm³/mol. The van der Waals surface area contributed by atoms with Crippen molar-refractivity contribution in [1.29, 1.82) is 0 Å². The summed E-state index contributed by atoms with van der Waals surface area (Å²) >= 11 is 0. The number of nitrogens with zero attached hydrogens (tertiary/aromatic N) is 1. The van der Waals surface area contributed by atoms with Crippen LogP contribution < -0.4 is 9.46 Å². The molecule has 0 radical (unpaired) electrons. The molecule has 1 heterocycles. The number of carbonyl (C=O) groups excluding carboxylic acids is 1. The molecule has 0 spiro atoms. The third-order valence-corrected chi connectivity index (χ3v) is 7.52. The Morgan fingerprint density at radius 3 is 2.47 bits per heavy atom. The number of ether oxygens (including phenoxy) is 2. The van der Waals surface area contributed by atoms with Gasteiger partial charge in [0, 0.05) is 0 Å². The zero-order valence-electron chi connectivity index (χ0n) is 19.8. The van der Waals surface area contributed by atoms with E-state index in [4.69, 9.17) is 9.47 Å². The Labute approximate surface area is 193 Å². The fourth-order valence-electron chi connectivity index (χ4n) is 3.96. The molecule has 1 fully saturated rings. The van der Waals surface area contributed by atoms with Gasteiger partial charge in [-0.1, -0.05) is 31.9 Å². The van der Waals surface area contributed by atoms with E-state index in [1.807, 2.05) is 31.2 Å². The van der Waals surface area contributed by atoms with Crippen molar-refractivity contribution in [2.45, 2.75) is 64.3 Å². The Morgan fingerprint density at radius 2 is 1.84 bits per heavy atom. The highest BCUT2D eigenvalue weighted by Gasteiger charge is 2.25. The van der Waals surface area contributed by atoms with Crippen LogP contribution in [0.2, 0.25) is 0 Å². The molecule has 1 aliphatic rings. The molecule has 0 saturated carbocycles. The van der Waals surface area contributed by atoms with Gasteiger partial charge in [-0.15, -0.1) is 0 Å². The van der Waals surface area contributed by atoms with Gasteiger partial charge in [-0.2, -0.15) is 0 Å². The highest BCUT2D eigenvalue weighted by Crippen LogP contribution is 2.22. The summed E-state index contributed by atoms with van der Waals surface area (Å²) in [7, 11) is -0.0782. The first kappa shape index (κ1) is 26.6. The molecule has 182 valence electrons. The summed E-state index contributed by atoms with van der Waals surface area (Å²) < 4.78 is 37.5. The van der Waals surface area contributed by atoms with Gasteiger partial charge < -0.3 is 14.4 Å². The molecule has 0 bridgehead atoms. The first-order valence-corrected chi connectivity index (χ1v) is 13.5. The summed E-state index contributed by atoms with van der Waals surface area (Å²) in [4.78, 5) is 14.5. The number of hydrogen-bond acceptors (Lipinski definition) is 6. The van der Waals surface area contributed by atoms with Gasteiger partial charge in [0.25, 0.3) is 0 Å². The first-order chi connectivity index (χ1) is 15.3. The fourth-order valence-corrected chi connectivity index (χ4v) is 5.36. The zero-order chi connectivity index (χ0) is 23.4. The standard InChI is InChI=1S/C24H40N2O5S/c1-4-5-18-32(28,29)25-23(24(27)30-3)19-21-9-11-22(12-10-21)31-17-7-6-8-20-13-15-26(2)16-14-20/h9-12,20,23,25H,4-8,13-19H2,1-3H3/t23-/m0/s1. The van der Waals surface area contributed by atoms with E-state index in [2.05, 4.69) is 16.7 Å². The fraction of sp³-hybridized carbons (Fsp3) is 0.708. The van der Waals surface area contributed by atoms with Gasteiger partial charge in [-0.05, 0) is 82.3 Å². The highest BCUT2D eigenvalue weighted by molar-refractivity contribution is 7.89. The summed E-state index contributed by atoms with van der Waals surface area (Å²) in [5.74, 6) is 1.05. The van der Waals surface area contributed by atoms with Crippen molar-refractivity contribution >= 4 is 16.0 Å². The molecule has 7 nitrogen and oxygen atoms in total. The van der Waals surface area contributed by atoms with E-state index in [-0.39, 0.29) is 12.2 Å². The Bertz CT molecular complexity index is 774. The third kappa shape index (κ3) is 9.88. The minimum absolute atomic E-state index is 0.00155. The van der Waals surface area contributed by atoms with Crippen molar-refractivity contribution in [2.75, 3.05) is 39.6 Å². The summed E-state index contributed by atoms with van der Waals surface area (Å²) in [6.45, 7) is 5.04. The molecule has 1 aliphatic heterocycles. The molecule has 1 aromatic rings.